The second-order valence-corrected chi connectivity index (χ2v) is 15.8. The van der Waals surface area contributed by atoms with Crippen molar-refractivity contribution in [1.29, 1.82) is 0 Å². The zero-order chi connectivity index (χ0) is 37.6. The number of phenolic OH excluding ortho intramolecular Hbond substituents is 1. The van der Waals surface area contributed by atoms with E-state index in [0.29, 0.717) is 58.0 Å². The van der Waals surface area contributed by atoms with Gasteiger partial charge in [0.2, 0.25) is 17.7 Å². The number of benzene rings is 3. The number of alkyl halides is 2. The van der Waals surface area contributed by atoms with Gasteiger partial charge in [0.15, 0.2) is 5.82 Å². The van der Waals surface area contributed by atoms with Gasteiger partial charge in [-0.3, -0.25) is 34.1 Å². The van der Waals surface area contributed by atoms with Gasteiger partial charge in [-0.15, -0.1) is 0 Å². The average molecular weight is 754 g/mol. The second-order valence-electron chi connectivity index (χ2n) is 14.2. The number of halogens is 3. The molecule has 4 aliphatic rings. The summed E-state index contributed by atoms with van der Waals surface area (Å²) >= 11 is 0. The van der Waals surface area contributed by atoms with Crippen molar-refractivity contribution in [1.82, 2.24) is 24.7 Å². The Balaban J connectivity index is 0.899. The number of likely N-dealkylation sites (tertiary alicyclic amines) is 1. The third-order valence-corrected chi connectivity index (χ3v) is 12.3. The lowest BCUT2D eigenvalue weighted by atomic mass is 9.76. The number of amides is 4. The number of rotatable bonds is 6. The largest absolute Gasteiger partial charge is 0.506 e. The SMILES string of the molecule is Cn1nc(C2CCC(=O)NC2=O)c2ccc(C3CCN(C4CC(C(=O)Nc5ccc6c(F)c(N7CC(=O)NS7(=O)=O)c(O)cc6c5)C4)CC3(F)F)cc21. The van der Waals surface area contributed by atoms with E-state index in [9.17, 15) is 32.7 Å². The summed E-state index contributed by atoms with van der Waals surface area (Å²) in [6.07, 6.45) is 1.48. The first-order valence-electron chi connectivity index (χ1n) is 17.1. The summed E-state index contributed by atoms with van der Waals surface area (Å²) in [6.45, 7) is -0.746. The van der Waals surface area contributed by atoms with E-state index < -0.39 is 76.0 Å². The molecule has 1 saturated carbocycles. The minimum Gasteiger partial charge on any atom is -0.506 e. The van der Waals surface area contributed by atoms with Gasteiger partial charge in [0.25, 0.3) is 11.8 Å². The standard InChI is InChI=1S/C35H34F3N7O7S/c1-43-26-13-17(2-4-23(26)31(41-43)24-6-7-28(47)40-34(24)50)25-8-9-44(16-35(25,37)38)21-11-19(12-21)33(49)39-20-3-5-22-18(10-20)14-27(46)32(30(22)36)45-15-29(48)42-53(45,51)52/h2-5,10,13-14,19,21,24-25,46H,6-9,11-12,15-16H2,1H3,(H,39,49)(H,42,48)(H,40,47,50). The van der Waals surface area contributed by atoms with Crippen LogP contribution in [0.15, 0.2) is 42.5 Å². The maximum Gasteiger partial charge on any atom is 0.326 e. The molecule has 0 radical (unpaired) electrons. The van der Waals surface area contributed by atoms with Crippen LogP contribution in [0.25, 0.3) is 21.7 Å². The van der Waals surface area contributed by atoms with Crippen LogP contribution in [-0.4, -0.2) is 83.4 Å². The molecule has 4 heterocycles. The maximum atomic E-state index is 15.8. The van der Waals surface area contributed by atoms with Crippen molar-refractivity contribution in [3.8, 4) is 5.75 Å². The number of fused-ring (bicyclic) bond motifs is 2. The summed E-state index contributed by atoms with van der Waals surface area (Å²) in [5.74, 6) is -8.86. The Morgan fingerprint density at radius 1 is 1.04 bits per heavy atom. The van der Waals surface area contributed by atoms with Crippen molar-refractivity contribution < 1.29 is 45.9 Å². The number of carbonyl (C=O) groups is 4. The second kappa shape index (κ2) is 12.4. The van der Waals surface area contributed by atoms with Gasteiger partial charge in [-0.25, -0.2) is 22.2 Å². The minimum atomic E-state index is -4.37. The van der Waals surface area contributed by atoms with Crippen molar-refractivity contribution in [2.75, 3.05) is 29.3 Å². The van der Waals surface area contributed by atoms with E-state index in [0.717, 1.165) is 6.07 Å². The van der Waals surface area contributed by atoms with Gasteiger partial charge < -0.3 is 10.4 Å². The Morgan fingerprint density at radius 2 is 1.79 bits per heavy atom. The van der Waals surface area contributed by atoms with Gasteiger partial charge in [-0.1, -0.05) is 12.1 Å². The molecule has 3 aromatic carbocycles. The van der Waals surface area contributed by atoms with Gasteiger partial charge in [-0.05, 0) is 73.5 Å². The van der Waals surface area contributed by atoms with Gasteiger partial charge in [-0.2, -0.15) is 13.5 Å². The molecule has 0 spiro atoms. The smallest absolute Gasteiger partial charge is 0.326 e. The molecule has 53 heavy (non-hydrogen) atoms. The quantitative estimate of drug-likeness (QED) is 0.215. The molecule has 3 saturated heterocycles. The highest BCUT2D eigenvalue weighted by Gasteiger charge is 2.49. The Hall–Kier alpha value is -5.23. The summed E-state index contributed by atoms with van der Waals surface area (Å²) < 4.78 is 75.2. The lowest BCUT2D eigenvalue weighted by molar-refractivity contribution is -0.134. The lowest BCUT2D eigenvalue weighted by Crippen LogP contribution is -2.56. The number of phenols is 1. The van der Waals surface area contributed by atoms with Gasteiger partial charge in [0, 0.05) is 41.9 Å². The van der Waals surface area contributed by atoms with E-state index in [4.69, 9.17) is 0 Å². The minimum absolute atomic E-state index is 0.0457. The fourth-order valence-electron chi connectivity index (χ4n) is 8.06. The van der Waals surface area contributed by atoms with Crippen LogP contribution in [-0.2, 0) is 36.4 Å². The first-order chi connectivity index (χ1) is 25.1. The number of aromatic hydroxyl groups is 1. The fraction of sp³-hybridized carbons (Fsp3) is 0.400. The summed E-state index contributed by atoms with van der Waals surface area (Å²) in [6, 6.07) is 10.2. The highest BCUT2D eigenvalue weighted by molar-refractivity contribution is 7.92. The Kier molecular flexibility index (Phi) is 8.17. The molecule has 0 bridgehead atoms. The van der Waals surface area contributed by atoms with Gasteiger partial charge in [0.05, 0.1) is 29.6 Å². The highest BCUT2D eigenvalue weighted by Crippen LogP contribution is 2.45. The van der Waals surface area contributed by atoms with Crippen molar-refractivity contribution in [2.24, 2.45) is 13.0 Å². The van der Waals surface area contributed by atoms with E-state index in [-0.39, 0.29) is 41.5 Å². The van der Waals surface area contributed by atoms with E-state index in [1.54, 1.807) is 39.6 Å². The number of anilines is 2. The molecule has 4 N–H and O–H groups in total. The number of hydrogen-bond acceptors (Lipinski definition) is 9. The van der Waals surface area contributed by atoms with Gasteiger partial charge in [0.1, 0.15) is 18.0 Å². The molecule has 1 aromatic heterocycles. The van der Waals surface area contributed by atoms with Crippen molar-refractivity contribution in [2.45, 2.75) is 55.9 Å². The number of aromatic nitrogens is 2. The predicted octanol–water partition coefficient (Wildman–Crippen LogP) is 3.11. The number of imide groups is 1. The third kappa shape index (κ3) is 6.02. The molecule has 3 aliphatic heterocycles. The molecule has 278 valence electrons. The van der Waals surface area contributed by atoms with Crippen LogP contribution in [0.4, 0.5) is 24.5 Å². The Bertz CT molecular complexity index is 2360. The van der Waals surface area contributed by atoms with Crippen LogP contribution < -0.4 is 19.7 Å². The summed E-state index contributed by atoms with van der Waals surface area (Å²) in [7, 11) is -2.68. The number of carbonyl (C=O) groups excluding carboxylic acids is 4. The van der Waals surface area contributed by atoms with E-state index in [2.05, 4.69) is 15.7 Å². The normalized spacial score (nSPS) is 25.7. The van der Waals surface area contributed by atoms with E-state index in [1.807, 2.05) is 0 Å². The molecule has 8 rings (SSSR count). The van der Waals surface area contributed by atoms with Crippen molar-refractivity contribution in [3.05, 3.63) is 59.5 Å². The molecule has 4 amide bonds. The third-order valence-electron chi connectivity index (χ3n) is 10.9. The molecule has 2 atom stereocenters. The summed E-state index contributed by atoms with van der Waals surface area (Å²) in [5, 5.41) is 20.9. The molecule has 4 aromatic rings. The maximum absolute atomic E-state index is 15.8. The molecule has 14 nitrogen and oxygen atoms in total. The van der Waals surface area contributed by atoms with E-state index in [1.165, 1.54) is 18.2 Å². The predicted molar refractivity (Wildman–Crippen MR) is 185 cm³/mol. The van der Waals surface area contributed by atoms with Crippen molar-refractivity contribution >= 4 is 66.9 Å². The number of hydrogen-bond donors (Lipinski definition) is 4. The first-order valence-corrected chi connectivity index (χ1v) is 18.5. The summed E-state index contributed by atoms with van der Waals surface area (Å²) in [5.41, 5.74) is 1.24. The molecule has 1 aliphatic carbocycles. The van der Waals surface area contributed by atoms with Crippen LogP contribution in [0.3, 0.4) is 0 Å². The topological polar surface area (TPSA) is 183 Å². The zero-order valence-electron chi connectivity index (χ0n) is 28.2. The van der Waals surface area contributed by atoms with E-state index >= 15 is 13.2 Å². The number of aryl methyl sites for hydroxylation is 1. The van der Waals surface area contributed by atoms with Crippen LogP contribution in [0.5, 0.6) is 5.75 Å². The molecular formula is C35H34F3N7O7S. The molecule has 2 unspecified atom stereocenters. The number of nitrogens with zero attached hydrogens (tertiary/aromatic N) is 4. The molecular weight excluding hydrogens is 719 g/mol. The lowest BCUT2D eigenvalue weighted by Gasteiger charge is -2.47. The number of nitrogens with one attached hydrogen (secondary N) is 3. The highest BCUT2D eigenvalue weighted by atomic mass is 32.2. The first kappa shape index (κ1) is 34.8. The number of piperidine rings is 2. The van der Waals surface area contributed by atoms with Crippen LogP contribution in [0, 0.1) is 11.7 Å². The van der Waals surface area contributed by atoms with Crippen LogP contribution in [0.1, 0.15) is 55.2 Å². The monoisotopic (exact) mass is 753 g/mol. The fourth-order valence-corrected chi connectivity index (χ4v) is 9.23. The Morgan fingerprint density at radius 3 is 2.49 bits per heavy atom. The van der Waals surface area contributed by atoms with Crippen LogP contribution >= 0.6 is 0 Å². The Labute approximate surface area is 300 Å². The molecule has 4 fully saturated rings. The molecule has 18 heteroatoms. The average Bonchev–Trinajstić information content (AvgIpc) is 3.52. The van der Waals surface area contributed by atoms with Gasteiger partial charge >= 0.3 is 10.2 Å². The zero-order valence-corrected chi connectivity index (χ0v) is 29.1. The summed E-state index contributed by atoms with van der Waals surface area (Å²) in [4.78, 5) is 50.6. The van der Waals surface area contributed by atoms with Crippen LogP contribution in [0.2, 0.25) is 0 Å². The van der Waals surface area contributed by atoms with Crippen molar-refractivity contribution in [3.63, 3.8) is 0 Å².